The van der Waals surface area contributed by atoms with Crippen LogP contribution < -0.4 is 10.1 Å². The van der Waals surface area contributed by atoms with Crippen molar-refractivity contribution in [2.75, 3.05) is 31.8 Å². The Balaban J connectivity index is 1.70. The second-order valence-electron chi connectivity index (χ2n) is 6.05. The lowest BCUT2D eigenvalue weighted by molar-refractivity contribution is 0.0520. The number of hydrogen-bond donors (Lipinski definition) is 1. The van der Waals surface area contributed by atoms with Crippen LogP contribution in [0.4, 0.5) is 5.82 Å². The van der Waals surface area contributed by atoms with Gasteiger partial charge in [0.1, 0.15) is 29.8 Å². The molecule has 7 nitrogen and oxygen atoms in total. The highest BCUT2D eigenvalue weighted by Crippen LogP contribution is 2.28. The van der Waals surface area contributed by atoms with Crippen molar-refractivity contribution in [3.63, 3.8) is 0 Å². The van der Waals surface area contributed by atoms with Gasteiger partial charge in [-0.15, -0.1) is 0 Å². The van der Waals surface area contributed by atoms with E-state index in [4.69, 9.17) is 9.47 Å². The lowest BCUT2D eigenvalue weighted by Gasteiger charge is -2.12. The number of methoxy groups -OCH3 is 1. The van der Waals surface area contributed by atoms with Gasteiger partial charge in [-0.1, -0.05) is 48.2 Å². The first-order valence-corrected chi connectivity index (χ1v) is 10.4. The second-order valence-corrected chi connectivity index (χ2v) is 6.83. The van der Waals surface area contributed by atoms with Gasteiger partial charge in [-0.05, 0) is 24.5 Å². The van der Waals surface area contributed by atoms with E-state index < -0.39 is 5.97 Å². The van der Waals surface area contributed by atoms with Gasteiger partial charge < -0.3 is 14.8 Å². The number of esters is 1. The summed E-state index contributed by atoms with van der Waals surface area (Å²) < 4.78 is 10.4. The third-order valence-corrected chi connectivity index (χ3v) is 4.71. The Kier molecular flexibility index (Phi) is 7.24. The topological polar surface area (TPSA) is 97.1 Å². The van der Waals surface area contributed by atoms with Crippen LogP contribution in [0, 0.1) is 11.3 Å². The number of hydrogen-bond acceptors (Lipinski definition) is 8. The van der Waals surface area contributed by atoms with Gasteiger partial charge in [0.25, 0.3) is 0 Å². The maximum absolute atomic E-state index is 12.2. The fourth-order valence-corrected chi connectivity index (χ4v) is 3.08. The molecule has 2 aromatic carbocycles. The van der Waals surface area contributed by atoms with Crippen LogP contribution in [0.2, 0.25) is 0 Å². The van der Waals surface area contributed by atoms with E-state index in [1.165, 1.54) is 18.9 Å². The maximum atomic E-state index is 12.2. The fraction of sp³-hybridized carbons (Fsp3) is 0.182. The first kappa shape index (κ1) is 21.1. The third kappa shape index (κ3) is 5.07. The van der Waals surface area contributed by atoms with Crippen LogP contribution in [0.15, 0.2) is 59.8 Å². The second kappa shape index (κ2) is 10.3. The molecular formula is C22H20N4O3S. The van der Waals surface area contributed by atoms with Gasteiger partial charge in [0, 0.05) is 5.56 Å². The molecule has 0 saturated heterocycles. The van der Waals surface area contributed by atoms with Gasteiger partial charge >= 0.3 is 5.97 Å². The molecule has 0 atom stereocenters. The Morgan fingerprint density at radius 1 is 1.17 bits per heavy atom. The fourth-order valence-electron chi connectivity index (χ4n) is 2.72. The molecule has 8 heteroatoms. The highest BCUT2D eigenvalue weighted by Gasteiger charge is 2.16. The van der Waals surface area contributed by atoms with Crippen LogP contribution in [0.5, 0.6) is 5.75 Å². The van der Waals surface area contributed by atoms with E-state index >= 15 is 0 Å². The van der Waals surface area contributed by atoms with Crippen LogP contribution in [0.1, 0.15) is 15.9 Å². The molecule has 152 valence electrons. The van der Waals surface area contributed by atoms with E-state index in [1.54, 1.807) is 24.3 Å². The normalized spacial score (nSPS) is 10.2. The van der Waals surface area contributed by atoms with Gasteiger partial charge in [-0.2, -0.15) is 5.26 Å². The summed E-state index contributed by atoms with van der Waals surface area (Å²) in [4.78, 5) is 21.1. The van der Waals surface area contributed by atoms with E-state index in [-0.39, 0.29) is 6.61 Å². The number of anilines is 1. The average Bonchev–Trinajstić information content (AvgIpc) is 2.81. The Labute approximate surface area is 179 Å². The van der Waals surface area contributed by atoms with Crippen LogP contribution in [-0.2, 0) is 4.74 Å². The number of nitrogens with zero attached hydrogens (tertiary/aromatic N) is 3. The van der Waals surface area contributed by atoms with Crippen molar-refractivity contribution < 1.29 is 14.3 Å². The van der Waals surface area contributed by atoms with Gasteiger partial charge in [0.15, 0.2) is 5.16 Å². The smallest absolute Gasteiger partial charge is 0.338 e. The molecule has 0 aliphatic carbocycles. The summed E-state index contributed by atoms with van der Waals surface area (Å²) in [7, 11) is 1.54. The van der Waals surface area contributed by atoms with Crippen molar-refractivity contribution in [2.45, 2.75) is 5.16 Å². The van der Waals surface area contributed by atoms with E-state index in [2.05, 4.69) is 21.4 Å². The van der Waals surface area contributed by atoms with E-state index in [1.807, 2.05) is 36.6 Å². The Morgan fingerprint density at radius 2 is 1.97 bits per heavy atom. The number of benzene rings is 2. The van der Waals surface area contributed by atoms with E-state index in [9.17, 15) is 10.1 Å². The molecule has 0 radical (unpaired) electrons. The predicted molar refractivity (Wildman–Crippen MR) is 116 cm³/mol. The molecule has 0 fully saturated rings. The Morgan fingerprint density at radius 3 is 2.67 bits per heavy atom. The Bertz CT molecular complexity index is 1070. The van der Waals surface area contributed by atoms with Crippen molar-refractivity contribution in [3.05, 3.63) is 65.7 Å². The highest BCUT2D eigenvalue weighted by atomic mass is 32.2. The summed E-state index contributed by atoms with van der Waals surface area (Å²) in [5.74, 6) is 0.544. The number of rotatable bonds is 8. The van der Waals surface area contributed by atoms with Crippen molar-refractivity contribution in [1.82, 2.24) is 9.97 Å². The van der Waals surface area contributed by atoms with Gasteiger partial charge in [-0.25, -0.2) is 14.8 Å². The summed E-state index contributed by atoms with van der Waals surface area (Å²) in [5.41, 5.74) is 2.15. The number of nitriles is 1. The molecule has 0 unspecified atom stereocenters. The summed E-state index contributed by atoms with van der Waals surface area (Å²) in [6.45, 7) is 0.406. The number of ether oxygens (including phenoxy) is 2. The van der Waals surface area contributed by atoms with Crippen LogP contribution in [-0.4, -0.2) is 42.5 Å². The molecule has 1 N–H and O–H groups in total. The van der Waals surface area contributed by atoms with Crippen molar-refractivity contribution in [2.24, 2.45) is 0 Å². The average molecular weight is 420 g/mol. The molecule has 0 spiro atoms. The minimum Gasteiger partial charge on any atom is -0.497 e. The minimum atomic E-state index is -0.450. The molecular weight excluding hydrogens is 400 g/mol. The molecule has 1 heterocycles. The number of nitrogens with one attached hydrogen (secondary N) is 1. The largest absolute Gasteiger partial charge is 0.497 e. The molecule has 1 aromatic heterocycles. The SMILES string of the molecule is COc1cccc(C(=O)OCCNc2nc(SC)nc(-c3ccccc3)c2C#N)c1. The quantitative estimate of drug-likeness (QED) is 0.253. The zero-order valence-electron chi connectivity index (χ0n) is 16.6. The lowest BCUT2D eigenvalue weighted by Crippen LogP contribution is -2.16. The van der Waals surface area contributed by atoms with E-state index in [0.29, 0.717) is 40.1 Å². The lowest BCUT2D eigenvalue weighted by atomic mass is 10.1. The molecule has 0 saturated carbocycles. The number of thioether (sulfide) groups is 1. The summed E-state index contributed by atoms with van der Waals surface area (Å²) >= 11 is 1.39. The van der Waals surface area contributed by atoms with Crippen LogP contribution in [0.25, 0.3) is 11.3 Å². The monoisotopic (exact) mass is 420 g/mol. The summed E-state index contributed by atoms with van der Waals surface area (Å²) in [6.07, 6.45) is 1.87. The van der Waals surface area contributed by atoms with Crippen molar-refractivity contribution in [3.8, 4) is 23.1 Å². The molecule has 0 aliphatic heterocycles. The zero-order chi connectivity index (χ0) is 21.3. The predicted octanol–water partition coefficient (Wildman–Crippen LogP) is 4.01. The minimum absolute atomic E-state index is 0.111. The van der Waals surface area contributed by atoms with Gasteiger partial charge in [0.05, 0.1) is 24.9 Å². The molecule has 3 rings (SSSR count). The summed E-state index contributed by atoms with van der Waals surface area (Å²) in [5, 5.41) is 13.3. The number of carbonyl (C=O) groups excluding carboxylic acids is 1. The first-order valence-electron chi connectivity index (χ1n) is 9.13. The molecule has 3 aromatic rings. The third-order valence-electron chi connectivity index (χ3n) is 4.16. The summed E-state index contributed by atoms with van der Waals surface area (Å²) in [6, 6.07) is 18.4. The first-order chi connectivity index (χ1) is 14.7. The molecule has 0 amide bonds. The van der Waals surface area contributed by atoms with E-state index in [0.717, 1.165) is 5.56 Å². The maximum Gasteiger partial charge on any atom is 0.338 e. The molecule has 0 bridgehead atoms. The van der Waals surface area contributed by atoms with Gasteiger partial charge in [-0.3, -0.25) is 0 Å². The zero-order valence-corrected chi connectivity index (χ0v) is 17.4. The standard InChI is InChI=1S/C22H20N4O3S/c1-28-17-10-6-9-16(13-17)21(27)29-12-11-24-20-18(14-23)19(25-22(26-20)30-2)15-7-4-3-5-8-15/h3-10,13H,11-12H2,1-2H3,(H,24,25,26). The molecule has 0 aliphatic rings. The van der Waals surface area contributed by atoms with Crippen LogP contribution in [0.3, 0.4) is 0 Å². The molecule has 30 heavy (non-hydrogen) atoms. The van der Waals surface area contributed by atoms with Crippen LogP contribution >= 0.6 is 11.8 Å². The number of carbonyl (C=O) groups is 1. The number of aromatic nitrogens is 2. The Hall–Kier alpha value is -3.57. The highest BCUT2D eigenvalue weighted by molar-refractivity contribution is 7.98. The van der Waals surface area contributed by atoms with Gasteiger partial charge in [0.2, 0.25) is 0 Å². The van der Waals surface area contributed by atoms with Crippen molar-refractivity contribution >= 4 is 23.5 Å². The van der Waals surface area contributed by atoms with Crippen molar-refractivity contribution in [1.29, 1.82) is 5.26 Å².